The number of fused-ring (bicyclic) bond motifs is 2. The molecule has 0 saturated carbocycles. The van der Waals surface area contributed by atoms with E-state index < -0.39 is 11.9 Å². The number of hydrogen-bond acceptors (Lipinski definition) is 8. The van der Waals surface area contributed by atoms with Gasteiger partial charge in [-0.15, -0.1) is 0 Å². The number of hydrogen-bond donors (Lipinski definition) is 2. The van der Waals surface area contributed by atoms with Gasteiger partial charge in [-0.2, -0.15) is 0 Å². The molecule has 8 nitrogen and oxygen atoms in total. The Kier molecular flexibility index (Phi) is 6.45. The highest BCUT2D eigenvalue weighted by Crippen LogP contribution is 2.37. The maximum Gasteiger partial charge on any atom is 0.337 e. The van der Waals surface area contributed by atoms with Gasteiger partial charge in [0.15, 0.2) is 11.6 Å². The van der Waals surface area contributed by atoms with E-state index in [-0.39, 0.29) is 33.8 Å². The number of nitrogens with one attached hydrogen (secondary N) is 2. The minimum absolute atomic E-state index is 0.279. The van der Waals surface area contributed by atoms with Crippen molar-refractivity contribution in [3.63, 3.8) is 0 Å². The van der Waals surface area contributed by atoms with E-state index in [0.29, 0.717) is 33.9 Å². The van der Waals surface area contributed by atoms with Gasteiger partial charge < -0.3 is 20.1 Å². The van der Waals surface area contributed by atoms with E-state index in [1.807, 2.05) is 0 Å². The first kappa shape index (κ1) is 24.5. The first-order valence-electron chi connectivity index (χ1n) is 11.7. The fourth-order valence-corrected chi connectivity index (χ4v) is 4.38. The molecule has 0 heterocycles. The SMILES string of the molecule is COC(=O)c1ccc(Nc2cccc3c2C(=O)c2cccc(Nc4ccc(C(=O)OC)cc4)c2C3=O)cc1. The average molecular weight is 507 g/mol. The Morgan fingerprint density at radius 1 is 0.553 bits per heavy atom. The average Bonchev–Trinajstić information content (AvgIpc) is 2.95. The number of benzene rings is 4. The van der Waals surface area contributed by atoms with Crippen molar-refractivity contribution >= 4 is 46.3 Å². The quantitative estimate of drug-likeness (QED) is 0.290. The summed E-state index contributed by atoms with van der Waals surface area (Å²) in [5.74, 6) is -1.47. The molecular formula is C30H22N2O6. The third-order valence-corrected chi connectivity index (χ3v) is 6.24. The van der Waals surface area contributed by atoms with Crippen LogP contribution in [0.1, 0.15) is 52.6 Å². The van der Waals surface area contributed by atoms with E-state index in [9.17, 15) is 19.2 Å². The molecule has 0 unspecified atom stereocenters. The van der Waals surface area contributed by atoms with Crippen molar-refractivity contribution in [3.05, 3.63) is 118 Å². The molecule has 0 atom stereocenters. The molecule has 1 aliphatic rings. The van der Waals surface area contributed by atoms with Crippen LogP contribution in [0, 0.1) is 0 Å². The van der Waals surface area contributed by atoms with E-state index in [1.165, 1.54) is 14.2 Å². The predicted octanol–water partition coefficient (Wildman–Crippen LogP) is 5.52. The van der Waals surface area contributed by atoms with Crippen molar-refractivity contribution in [2.24, 2.45) is 0 Å². The predicted molar refractivity (Wildman–Crippen MR) is 142 cm³/mol. The minimum atomic E-state index is -0.449. The fourth-order valence-electron chi connectivity index (χ4n) is 4.38. The first-order chi connectivity index (χ1) is 18.4. The summed E-state index contributed by atoms with van der Waals surface area (Å²) < 4.78 is 9.46. The molecule has 0 radical (unpaired) electrons. The van der Waals surface area contributed by atoms with Gasteiger partial charge in [-0.05, 0) is 60.7 Å². The monoisotopic (exact) mass is 506 g/mol. The van der Waals surface area contributed by atoms with Crippen LogP contribution >= 0.6 is 0 Å². The maximum atomic E-state index is 13.7. The standard InChI is InChI=1S/C30H22N2O6/c1-37-29(35)17-9-13-19(14-10-17)31-23-7-3-5-21-25(23)27(33)22-6-4-8-24(26(22)28(21)34)32-20-15-11-18(12-16-20)30(36)38-2/h3-16,31-32H,1-2H3. The van der Waals surface area contributed by atoms with Crippen LogP contribution in [0.5, 0.6) is 0 Å². The number of carbonyl (C=O) groups is 4. The zero-order chi connectivity index (χ0) is 26.8. The van der Waals surface area contributed by atoms with Gasteiger partial charge in [0, 0.05) is 22.5 Å². The molecule has 38 heavy (non-hydrogen) atoms. The number of esters is 2. The summed E-state index contributed by atoms with van der Waals surface area (Å²) in [6.07, 6.45) is 0. The van der Waals surface area contributed by atoms with Gasteiger partial charge in [0.1, 0.15) is 0 Å². The lowest BCUT2D eigenvalue weighted by molar-refractivity contribution is 0.0592. The van der Waals surface area contributed by atoms with Crippen molar-refractivity contribution in [1.29, 1.82) is 0 Å². The lowest BCUT2D eigenvalue weighted by Crippen LogP contribution is -2.23. The zero-order valence-electron chi connectivity index (χ0n) is 20.5. The van der Waals surface area contributed by atoms with Crippen molar-refractivity contribution in [2.75, 3.05) is 24.9 Å². The van der Waals surface area contributed by atoms with Crippen molar-refractivity contribution in [3.8, 4) is 0 Å². The minimum Gasteiger partial charge on any atom is -0.465 e. The Balaban J connectivity index is 1.47. The normalized spacial score (nSPS) is 11.7. The van der Waals surface area contributed by atoms with E-state index in [1.54, 1.807) is 84.9 Å². The van der Waals surface area contributed by atoms with Crippen molar-refractivity contribution in [1.82, 2.24) is 0 Å². The fraction of sp³-hybridized carbons (Fsp3) is 0.0667. The molecule has 0 aliphatic heterocycles. The largest absolute Gasteiger partial charge is 0.465 e. The number of ether oxygens (including phenoxy) is 2. The number of rotatable bonds is 6. The zero-order valence-corrected chi connectivity index (χ0v) is 20.5. The third kappa shape index (κ3) is 4.39. The van der Waals surface area contributed by atoms with Crippen LogP contribution in [0.25, 0.3) is 0 Å². The molecule has 4 aromatic rings. The second-order valence-corrected chi connectivity index (χ2v) is 8.50. The highest BCUT2D eigenvalue weighted by atomic mass is 16.5. The van der Waals surface area contributed by atoms with Gasteiger partial charge in [0.25, 0.3) is 0 Å². The van der Waals surface area contributed by atoms with Gasteiger partial charge in [-0.25, -0.2) is 9.59 Å². The topological polar surface area (TPSA) is 111 Å². The lowest BCUT2D eigenvalue weighted by Gasteiger charge is -2.23. The lowest BCUT2D eigenvalue weighted by atomic mass is 9.82. The van der Waals surface area contributed by atoms with E-state index in [2.05, 4.69) is 10.6 Å². The molecule has 0 spiro atoms. The Bertz CT molecular complexity index is 1470. The maximum absolute atomic E-state index is 13.7. The summed E-state index contributed by atoms with van der Waals surface area (Å²) in [6.45, 7) is 0. The van der Waals surface area contributed by atoms with Gasteiger partial charge in [-0.3, -0.25) is 9.59 Å². The van der Waals surface area contributed by atoms with Crippen LogP contribution in [0.15, 0.2) is 84.9 Å². The van der Waals surface area contributed by atoms with Crippen LogP contribution in [-0.4, -0.2) is 37.7 Å². The summed E-state index contributed by atoms with van der Waals surface area (Å²) in [5.41, 5.74) is 4.17. The van der Waals surface area contributed by atoms with Crippen LogP contribution in [0.3, 0.4) is 0 Å². The summed E-state index contributed by atoms with van der Waals surface area (Å²) in [7, 11) is 2.62. The Labute approximate surface area is 218 Å². The Morgan fingerprint density at radius 2 is 0.921 bits per heavy atom. The van der Waals surface area contributed by atoms with Crippen LogP contribution < -0.4 is 10.6 Å². The Morgan fingerprint density at radius 3 is 1.26 bits per heavy atom. The molecule has 4 aromatic carbocycles. The van der Waals surface area contributed by atoms with Crippen LogP contribution in [0.2, 0.25) is 0 Å². The molecular weight excluding hydrogens is 484 g/mol. The number of anilines is 4. The van der Waals surface area contributed by atoms with Crippen LogP contribution in [-0.2, 0) is 9.47 Å². The van der Waals surface area contributed by atoms with Gasteiger partial charge >= 0.3 is 11.9 Å². The molecule has 0 bridgehead atoms. The second kappa shape index (κ2) is 10.0. The molecule has 2 N–H and O–H groups in total. The summed E-state index contributed by atoms with van der Waals surface area (Å²) in [6, 6.07) is 23.4. The third-order valence-electron chi connectivity index (χ3n) is 6.24. The van der Waals surface area contributed by atoms with E-state index in [4.69, 9.17) is 9.47 Å². The smallest absolute Gasteiger partial charge is 0.337 e. The highest BCUT2D eigenvalue weighted by molar-refractivity contribution is 6.32. The molecule has 5 rings (SSSR count). The van der Waals surface area contributed by atoms with Gasteiger partial charge in [0.05, 0.1) is 47.8 Å². The number of carbonyl (C=O) groups excluding carboxylic acids is 4. The summed E-state index contributed by atoms with van der Waals surface area (Å²) in [4.78, 5) is 50.8. The summed E-state index contributed by atoms with van der Waals surface area (Å²) >= 11 is 0. The molecule has 1 aliphatic carbocycles. The van der Waals surface area contributed by atoms with E-state index >= 15 is 0 Å². The van der Waals surface area contributed by atoms with Gasteiger partial charge in [0.2, 0.25) is 0 Å². The second-order valence-electron chi connectivity index (χ2n) is 8.50. The molecule has 0 saturated heterocycles. The number of methoxy groups -OCH3 is 2. The first-order valence-corrected chi connectivity index (χ1v) is 11.7. The van der Waals surface area contributed by atoms with Crippen molar-refractivity contribution in [2.45, 2.75) is 0 Å². The molecule has 0 fully saturated rings. The molecule has 0 amide bonds. The molecule has 0 aromatic heterocycles. The van der Waals surface area contributed by atoms with E-state index in [0.717, 1.165) is 0 Å². The Hall–Kier alpha value is -5.24. The number of ketones is 2. The van der Waals surface area contributed by atoms with Gasteiger partial charge in [-0.1, -0.05) is 24.3 Å². The molecule has 8 heteroatoms. The van der Waals surface area contributed by atoms with Crippen molar-refractivity contribution < 1.29 is 28.7 Å². The molecule has 188 valence electrons. The summed E-state index contributed by atoms with van der Waals surface area (Å²) in [5, 5.41) is 6.39. The highest BCUT2D eigenvalue weighted by Gasteiger charge is 2.33. The van der Waals surface area contributed by atoms with Crippen LogP contribution in [0.4, 0.5) is 22.7 Å².